The van der Waals surface area contributed by atoms with E-state index in [0.717, 1.165) is 0 Å². The molecule has 0 fully saturated rings. The first kappa shape index (κ1) is 18.6. The number of hydrogen-bond acceptors (Lipinski definition) is 0. The second kappa shape index (κ2) is 6.50. The zero-order chi connectivity index (χ0) is 23.4. The molecule has 0 radical (unpaired) electrons. The number of fused-ring (bicyclic) bond motifs is 4. The second-order valence-electron chi connectivity index (χ2n) is 10.0. The van der Waals surface area contributed by atoms with Gasteiger partial charge in [0.1, 0.15) is 0 Å². The van der Waals surface area contributed by atoms with E-state index in [0.29, 0.717) is 0 Å². The van der Waals surface area contributed by atoms with E-state index in [1.54, 1.807) is 0 Å². The largest absolute Gasteiger partial charge is 0.0622 e. The Balaban J connectivity index is 1.55. The first-order valence-corrected chi connectivity index (χ1v) is 12.6. The molecular formula is C36H20. The number of benzene rings is 9. The molecule has 0 unspecified atom stereocenters. The Hall–Kier alpha value is -4.68. The van der Waals surface area contributed by atoms with E-state index in [1.165, 1.54) is 86.5 Å². The van der Waals surface area contributed by atoms with Crippen molar-refractivity contribution < 1.29 is 0 Å². The lowest BCUT2D eigenvalue weighted by molar-refractivity contribution is 1.67. The van der Waals surface area contributed by atoms with Gasteiger partial charge in [0.2, 0.25) is 0 Å². The van der Waals surface area contributed by atoms with Gasteiger partial charge in [-0.05, 0) is 86.5 Å². The lowest BCUT2D eigenvalue weighted by atomic mass is 9.83. The van der Waals surface area contributed by atoms with E-state index in [9.17, 15) is 0 Å². The summed E-state index contributed by atoms with van der Waals surface area (Å²) in [6, 6.07) is 45.2. The minimum atomic E-state index is 1.27. The Morgan fingerprint density at radius 1 is 0.250 bits per heavy atom. The zero-order valence-electron chi connectivity index (χ0n) is 19.5. The summed E-state index contributed by atoms with van der Waals surface area (Å²) in [5, 5.41) is 19.0. The molecule has 9 aromatic carbocycles. The second-order valence-corrected chi connectivity index (χ2v) is 10.0. The third kappa shape index (κ3) is 2.16. The van der Waals surface area contributed by atoms with Crippen LogP contribution in [0.3, 0.4) is 0 Å². The Labute approximate surface area is 207 Å². The molecule has 0 aliphatic heterocycles. The molecule has 0 heterocycles. The van der Waals surface area contributed by atoms with Crippen molar-refractivity contribution in [1.82, 2.24) is 0 Å². The molecule has 0 bridgehead atoms. The molecule has 0 saturated heterocycles. The van der Waals surface area contributed by atoms with Crippen LogP contribution in [-0.4, -0.2) is 0 Å². The summed E-state index contributed by atoms with van der Waals surface area (Å²) in [7, 11) is 0. The standard InChI is InChI=1S/C36H20/c1-2-7-21(8-3-1)23-15-16-28-32-20-18-30-26-12-5-10-22-9-4-11-25(33(22)26)29-17-19-31(36(32)35(29)30)27-14-6-13-24(23)34(27)28/h1-20H. The molecule has 0 aliphatic carbocycles. The van der Waals surface area contributed by atoms with Crippen LogP contribution in [-0.2, 0) is 0 Å². The van der Waals surface area contributed by atoms with Crippen molar-refractivity contribution in [2.45, 2.75) is 0 Å². The summed E-state index contributed by atoms with van der Waals surface area (Å²) in [6.45, 7) is 0. The first-order chi connectivity index (χ1) is 17.9. The normalized spacial score (nSPS) is 12.4. The van der Waals surface area contributed by atoms with Crippen LogP contribution in [0, 0.1) is 0 Å². The Bertz CT molecular complexity index is 2190. The van der Waals surface area contributed by atoms with Crippen LogP contribution in [0.15, 0.2) is 121 Å². The Morgan fingerprint density at radius 3 is 1.31 bits per heavy atom. The van der Waals surface area contributed by atoms with Crippen molar-refractivity contribution in [1.29, 1.82) is 0 Å². The molecule has 9 rings (SSSR count). The number of hydrogen-bond donors (Lipinski definition) is 0. The molecular weight excluding hydrogens is 432 g/mol. The van der Waals surface area contributed by atoms with E-state index < -0.39 is 0 Å². The Morgan fingerprint density at radius 2 is 0.694 bits per heavy atom. The third-order valence-corrected chi connectivity index (χ3v) is 8.35. The summed E-state index contributed by atoms with van der Waals surface area (Å²) >= 11 is 0. The van der Waals surface area contributed by atoms with Crippen LogP contribution in [0.5, 0.6) is 0 Å². The van der Waals surface area contributed by atoms with Gasteiger partial charge in [-0.3, -0.25) is 0 Å². The predicted molar refractivity (Wildman–Crippen MR) is 157 cm³/mol. The van der Waals surface area contributed by atoms with Gasteiger partial charge in [-0.25, -0.2) is 0 Å². The third-order valence-electron chi connectivity index (χ3n) is 8.35. The van der Waals surface area contributed by atoms with Crippen molar-refractivity contribution >= 4 is 75.4 Å². The van der Waals surface area contributed by atoms with Gasteiger partial charge < -0.3 is 0 Å². The minimum Gasteiger partial charge on any atom is -0.0622 e. The van der Waals surface area contributed by atoms with Crippen LogP contribution in [0.25, 0.3) is 86.5 Å². The summed E-state index contributed by atoms with van der Waals surface area (Å²) < 4.78 is 0. The fraction of sp³-hybridized carbons (Fsp3) is 0. The summed E-state index contributed by atoms with van der Waals surface area (Å²) in [4.78, 5) is 0. The monoisotopic (exact) mass is 452 g/mol. The summed E-state index contributed by atoms with van der Waals surface area (Å²) in [5.74, 6) is 0. The summed E-state index contributed by atoms with van der Waals surface area (Å²) in [5.41, 5.74) is 2.56. The molecule has 0 spiro atoms. The highest BCUT2D eigenvalue weighted by Crippen LogP contribution is 2.48. The highest BCUT2D eigenvalue weighted by molar-refractivity contribution is 6.42. The molecule has 9 aromatic rings. The molecule has 0 aliphatic rings. The zero-order valence-corrected chi connectivity index (χ0v) is 19.5. The quantitative estimate of drug-likeness (QED) is 0.172. The Kier molecular flexibility index (Phi) is 3.36. The molecule has 0 amide bonds. The highest BCUT2D eigenvalue weighted by atomic mass is 14.2. The van der Waals surface area contributed by atoms with Gasteiger partial charge >= 0.3 is 0 Å². The fourth-order valence-corrected chi connectivity index (χ4v) is 6.91. The maximum atomic E-state index is 2.37. The number of rotatable bonds is 1. The van der Waals surface area contributed by atoms with E-state index in [1.807, 2.05) is 0 Å². The lowest BCUT2D eigenvalue weighted by Gasteiger charge is -2.20. The van der Waals surface area contributed by atoms with E-state index in [-0.39, 0.29) is 0 Å². The highest BCUT2D eigenvalue weighted by Gasteiger charge is 2.19. The minimum absolute atomic E-state index is 1.27. The van der Waals surface area contributed by atoms with Crippen molar-refractivity contribution in [2.75, 3.05) is 0 Å². The van der Waals surface area contributed by atoms with Gasteiger partial charge in [0.25, 0.3) is 0 Å². The molecule has 0 N–H and O–H groups in total. The van der Waals surface area contributed by atoms with E-state index in [4.69, 9.17) is 0 Å². The maximum absolute atomic E-state index is 2.37. The molecule has 36 heavy (non-hydrogen) atoms. The van der Waals surface area contributed by atoms with Gasteiger partial charge in [-0.1, -0.05) is 121 Å². The van der Waals surface area contributed by atoms with Crippen LogP contribution in [0.2, 0.25) is 0 Å². The molecule has 164 valence electrons. The maximum Gasteiger partial charge on any atom is -0.00139 e. The van der Waals surface area contributed by atoms with Gasteiger partial charge in [0, 0.05) is 0 Å². The molecule has 0 atom stereocenters. The molecule has 0 heteroatoms. The van der Waals surface area contributed by atoms with Gasteiger partial charge in [-0.2, -0.15) is 0 Å². The van der Waals surface area contributed by atoms with Crippen molar-refractivity contribution in [3.05, 3.63) is 121 Å². The van der Waals surface area contributed by atoms with Crippen molar-refractivity contribution in [3.63, 3.8) is 0 Å². The molecule has 0 aromatic heterocycles. The van der Waals surface area contributed by atoms with Crippen molar-refractivity contribution in [2.24, 2.45) is 0 Å². The van der Waals surface area contributed by atoms with E-state index in [2.05, 4.69) is 121 Å². The SMILES string of the molecule is c1ccc(-c2ccc3c4ccc5c6cccc7cccc(c8ccc(c9cccc2c93)c4c85)c76)cc1. The van der Waals surface area contributed by atoms with Gasteiger partial charge in [0.15, 0.2) is 0 Å². The van der Waals surface area contributed by atoms with Crippen LogP contribution >= 0.6 is 0 Å². The van der Waals surface area contributed by atoms with Gasteiger partial charge in [0.05, 0.1) is 0 Å². The average Bonchev–Trinajstić information content (AvgIpc) is 2.95. The predicted octanol–water partition coefficient (Wildman–Crippen LogP) is 10.3. The molecule has 0 nitrogen and oxygen atoms in total. The van der Waals surface area contributed by atoms with Crippen LogP contribution in [0.1, 0.15) is 0 Å². The first-order valence-electron chi connectivity index (χ1n) is 12.6. The lowest BCUT2D eigenvalue weighted by Crippen LogP contribution is -1.92. The smallest absolute Gasteiger partial charge is 0.00139 e. The summed E-state index contributed by atoms with van der Waals surface area (Å²) in [6.07, 6.45) is 0. The van der Waals surface area contributed by atoms with Crippen LogP contribution in [0.4, 0.5) is 0 Å². The van der Waals surface area contributed by atoms with Crippen molar-refractivity contribution in [3.8, 4) is 11.1 Å². The van der Waals surface area contributed by atoms with E-state index >= 15 is 0 Å². The average molecular weight is 453 g/mol. The topological polar surface area (TPSA) is 0 Å². The fourth-order valence-electron chi connectivity index (χ4n) is 6.91. The van der Waals surface area contributed by atoms with Gasteiger partial charge in [-0.15, -0.1) is 0 Å². The molecule has 0 saturated carbocycles. The van der Waals surface area contributed by atoms with Crippen LogP contribution < -0.4 is 0 Å².